The molecule has 146 valence electrons. The molecule has 0 radical (unpaired) electrons. The molecule has 3 aromatic heterocycles. The third-order valence-corrected chi connectivity index (χ3v) is 5.11. The van der Waals surface area contributed by atoms with Crippen LogP contribution in [0.1, 0.15) is 17.0 Å². The molecule has 0 spiro atoms. The molecule has 0 atom stereocenters. The van der Waals surface area contributed by atoms with Crippen molar-refractivity contribution in [3.63, 3.8) is 0 Å². The van der Waals surface area contributed by atoms with E-state index in [0.717, 1.165) is 17.0 Å². The molecule has 4 heterocycles. The maximum Gasteiger partial charge on any atom is 0.376 e. The lowest BCUT2D eigenvalue weighted by Crippen LogP contribution is -2.47. The molecule has 0 amide bonds. The fraction of sp³-hybridized carbons (Fsp3) is 0.389. The third-order valence-electron chi connectivity index (χ3n) is 5.11. The summed E-state index contributed by atoms with van der Waals surface area (Å²) in [5.41, 5.74) is 1.19. The van der Waals surface area contributed by atoms with E-state index in [4.69, 9.17) is 4.52 Å². The van der Waals surface area contributed by atoms with Crippen LogP contribution in [-0.4, -0.2) is 50.5 Å². The van der Waals surface area contributed by atoms with Gasteiger partial charge in [0.1, 0.15) is 11.4 Å². The average Bonchev–Trinajstić information content (AvgIpc) is 3.00. The van der Waals surface area contributed by atoms with Crippen molar-refractivity contribution in [1.29, 1.82) is 0 Å². The molecular weight excluding hydrogens is 364 g/mol. The van der Waals surface area contributed by atoms with Gasteiger partial charge in [0, 0.05) is 44.5 Å². The summed E-state index contributed by atoms with van der Waals surface area (Å²) in [5, 5.41) is 15.6. The summed E-state index contributed by atoms with van der Waals surface area (Å²) in [7, 11) is 0. The normalized spacial score (nSPS) is 15.3. The highest BCUT2D eigenvalue weighted by atomic mass is 16.6. The van der Waals surface area contributed by atoms with E-state index in [1.165, 1.54) is 10.6 Å². The van der Waals surface area contributed by atoms with Crippen molar-refractivity contribution in [1.82, 2.24) is 19.4 Å². The molecule has 0 aromatic carbocycles. The smallest absolute Gasteiger partial charge is 0.361 e. The van der Waals surface area contributed by atoms with Crippen LogP contribution in [0.15, 0.2) is 33.7 Å². The van der Waals surface area contributed by atoms with Crippen LogP contribution >= 0.6 is 0 Å². The van der Waals surface area contributed by atoms with E-state index in [1.54, 1.807) is 18.2 Å². The molecule has 1 saturated heterocycles. The van der Waals surface area contributed by atoms with Gasteiger partial charge in [-0.15, -0.1) is 0 Å². The minimum Gasteiger partial charge on any atom is -0.361 e. The first-order valence-electron chi connectivity index (χ1n) is 9.00. The number of aromatic nitrogens is 3. The van der Waals surface area contributed by atoms with Crippen molar-refractivity contribution < 1.29 is 9.45 Å². The second kappa shape index (κ2) is 7.04. The Balaban J connectivity index is 1.59. The minimum atomic E-state index is -0.663. The number of hydrogen-bond acceptors (Lipinski definition) is 8. The molecule has 10 nitrogen and oxygen atoms in total. The lowest BCUT2D eigenvalue weighted by atomic mass is 10.2. The van der Waals surface area contributed by atoms with Gasteiger partial charge in [0.25, 0.3) is 0 Å². The number of nitrogens with zero attached hydrogens (tertiary/aromatic N) is 6. The molecule has 1 fully saturated rings. The summed E-state index contributed by atoms with van der Waals surface area (Å²) in [6, 6.07) is 5.06. The van der Waals surface area contributed by atoms with E-state index in [9.17, 15) is 14.9 Å². The van der Waals surface area contributed by atoms with Gasteiger partial charge in [0.2, 0.25) is 5.82 Å². The standard InChI is InChI=1S/C18H20N6O4/c1-12-14(13(2)28-20-12)11-21-7-9-22(10-8-21)17-16(24(26)27)18(25)23-6-4-3-5-15(23)19-17/h3-6H,7-11H2,1-2H3. The van der Waals surface area contributed by atoms with Crippen LogP contribution in [0, 0.1) is 24.0 Å². The van der Waals surface area contributed by atoms with E-state index in [2.05, 4.69) is 15.0 Å². The van der Waals surface area contributed by atoms with E-state index in [0.29, 0.717) is 38.4 Å². The van der Waals surface area contributed by atoms with Gasteiger partial charge in [-0.3, -0.25) is 24.2 Å². The first-order chi connectivity index (χ1) is 13.5. The Kier molecular flexibility index (Phi) is 4.55. The number of piperazine rings is 1. The van der Waals surface area contributed by atoms with Gasteiger partial charge in [-0.05, 0) is 26.0 Å². The number of pyridine rings is 1. The van der Waals surface area contributed by atoms with Crippen LogP contribution in [0.5, 0.6) is 0 Å². The third kappa shape index (κ3) is 3.11. The first kappa shape index (κ1) is 18.1. The molecule has 4 rings (SSSR count). The zero-order chi connectivity index (χ0) is 19.8. The van der Waals surface area contributed by atoms with Gasteiger partial charge >= 0.3 is 11.2 Å². The predicted molar refractivity (Wildman–Crippen MR) is 102 cm³/mol. The minimum absolute atomic E-state index is 0.137. The Morgan fingerprint density at radius 2 is 1.96 bits per heavy atom. The molecule has 28 heavy (non-hydrogen) atoms. The highest BCUT2D eigenvalue weighted by molar-refractivity contribution is 5.61. The monoisotopic (exact) mass is 384 g/mol. The summed E-state index contributed by atoms with van der Waals surface area (Å²) >= 11 is 0. The van der Waals surface area contributed by atoms with E-state index in [-0.39, 0.29) is 5.82 Å². The maximum atomic E-state index is 12.6. The highest BCUT2D eigenvalue weighted by Gasteiger charge is 2.30. The van der Waals surface area contributed by atoms with Crippen molar-refractivity contribution >= 4 is 17.2 Å². The molecular formula is C18H20N6O4. The van der Waals surface area contributed by atoms with Crippen molar-refractivity contribution in [2.24, 2.45) is 0 Å². The maximum absolute atomic E-state index is 12.6. The number of fused-ring (bicyclic) bond motifs is 1. The molecule has 10 heteroatoms. The largest absolute Gasteiger partial charge is 0.376 e. The second-order valence-electron chi connectivity index (χ2n) is 6.84. The summed E-state index contributed by atoms with van der Waals surface area (Å²) in [6.45, 7) is 6.98. The second-order valence-corrected chi connectivity index (χ2v) is 6.84. The summed E-state index contributed by atoms with van der Waals surface area (Å²) < 4.78 is 6.42. The van der Waals surface area contributed by atoms with Crippen LogP contribution in [0.4, 0.5) is 11.5 Å². The Hall–Kier alpha value is -3.27. The van der Waals surface area contributed by atoms with Crippen LogP contribution < -0.4 is 10.5 Å². The topological polar surface area (TPSA) is 110 Å². The van der Waals surface area contributed by atoms with Crippen LogP contribution in [-0.2, 0) is 6.54 Å². The molecule has 0 N–H and O–H groups in total. The molecule has 3 aromatic rings. The quantitative estimate of drug-likeness (QED) is 0.492. The van der Waals surface area contributed by atoms with Gasteiger partial charge < -0.3 is 9.42 Å². The SMILES string of the molecule is Cc1noc(C)c1CN1CCN(c2nc3ccccn3c(=O)c2[N+](=O)[O-])CC1. The predicted octanol–water partition coefficient (Wildman–Crippen LogP) is 1.53. The van der Waals surface area contributed by atoms with Crippen molar-refractivity contribution in [2.45, 2.75) is 20.4 Å². The zero-order valence-corrected chi connectivity index (χ0v) is 15.7. The average molecular weight is 384 g/mol. The number of hydrogen-bond donors (Lipinski definition) is 0. The fourth-order valence-electron chi connectivity index (χ4n) is 3.52. The van der Waals surface area contributed by atoms with Crippen molar-refractivity contribution in [3.05, 3.63) is 61.9 Å². The highest BCUT2D eigenvalue weighted by Crippen LogP contribution is 2.25. The summed E-state index contributed by atoms with van der Waals surface area (Å²) in [5.74, 6) is 0.943. The summed E-state index contributed by atoms with van der Waals surface area (Å²) in [4.78, 5) is 32.0. The van der Waals surface area contributed by atoms with Gasteiger partial charge in [-0.1, -0.05) is 11.2 Å². The molecule has 0 unspecified atom stereocenters. The van der Waals surface area contributed by atoms with E-state index >= 15 is 0 Å². The fourth-order valence-corrected chi connectivity index (χ4v) is 3.52. The number of anilines is 1. The zero-order valence-electron chi connectivity index (χ0n) is 15.7. The Bertz CT molecular complexity index is 1080. The Morgan fingerprint density at radius 1 is 1.21 bits per heavy atom. The van der Waals surface area contributed by atoms with Crippen LogP contribution in [0.3, 0.4) is 0 Å². The molecule has 1 aliphatic heterocycles. The molecule has 0 bridgehead atoms. The van der Waals surface area contributed by atoms with Gasteiger partial charge in [0.05, 0.1) is 10.6 Å². The van der Waals surface area contributed by atoms with Gasteiger partial charge in [-0.25, -0.2) is 4.98 Å². The van der Waals surface area contributed by atoms with Gasteiger partial charge in [0.15, 0.2) is 0 Å². The number of nitro groups is 1. The number of rotatable bonds is 4. The lowest BCUT2D eigenvalue weighted by Gasteiger charge is -2.35. The van der Waals surface area contributed by atoms with E-state index in [1.807, 2.05) is 18.7 Å². The van der Waals surface area contributed by atoms with Crippen LogP contribution in [0.2, 0.25) is 0 Å². The molecule has 0 aliphatic carbocycles. The lowest BCUT2D eigenvalue weighted by molar-refractivity contribution is -0.385. The Morgan fingerprint density at radius 3 is 2.61 bits per heavy atom. The summed E-state index contributed by atoms with van der Waals surface area (Å²) in [6.07, 6.45) is 1.49. The first-order valence-corrected chi connectivity index (χ1v) is 9.00. The Labute approximate surface area is 160 Å². The number of aryl methyl sites for hydroxylation is 2. The molecule has 0 saturated carbocycles. The van der Waals surface area contributed by atoms with Crippen LogP contribution in [0.25, 0.3) is 5.65 Å². The molecule has 1 aliphatic rings. The van der Waals surface area contributed by atoms with Crippen molar-refractivity contribution in [2.75, 3.05) is 31.1 Å². The van der Waals surface area contributed by atoms with Gasteiger partial charge in [-0.2, -0.15) is 0 Å². The van der Waals surface area contributed by atoms with Crippen molar-refractivity contribution in [3.8, 4) is 0 Å². The van der Waals surface area contributed by atoms with E-state index < -0.39 is 16.2 Å².